The van der Waals surface area contributed by atoms with Crippen LogP contribution in [0.2, 0.25) is 10.0 Å². The molecule has 0 unspecified atom stereocenters. The molecule has 0 bridgehead atoms. The van der Waals surface area contributed by atoms with Crippen LogP contribution in [0.15, 0.2) is 55.1 Å². The molecule has 2 N–H and O–H groups in total. The van der Waals surface area contributed by atoms with E-state index in [4.69, 9.17) is 23.2 Å². The monoisotopic (exact) mass is 361 g/mol. The molecule has 0 atom stereocenters. The van der Waals surface area contributed by atoms with Crippen molar-refractivity contribution in [2.45, 2.75) is 6.54 Å². The number of aromatic nitrogens is 3. The molecule has 122 valence electrons. The quantitative estimate of drug-likeness (QED) is 0.728. The molecule has 1 aromatic heterocycles. The summed E-state index contributed by atoms with van der Waals surface area (Å²) in [7, 11) is 0. The lowest BCUT2D eigenvalue weighted by atomic mass is 10.2. The zero-order valence-electron chi connectivity index (χ0n) is 12.4. The number of anilines is 2. The maximum absolute atomic E-state index is 12.1. The molecular weight excluding hydrogens is 349 g/mol. The highest BCUT2D eigenvalue weighted by Gasteiger charge is 2.06. The molecule has 0 fully saturated rings. The standard InChI is InChI=1S/C16H13Cl2N5O/c17-14-5-4-13(7-15(14)18)22-16(24)21-12-3-1-2-11(6-12)8-23-10-19-9-20-23/h1-7,9-10H,8H2,(H2,21,22,24). The van der Waals surface area contributed by atoms with E-state index in [1.54, 1.807) is 35.3 Å². The Kier molecular flexibility index (Phi) is 4.98. The molecule has 24 heavy (non-hydrogen) atoms. The third-order valence-corrected chi connectivity index (χ3v) is 3.91. The van der Waals surface area contributed by atoms with Gasteiger partial charge in [-0.05, 0) is 35.9 Å². The molecule has 0 spiro atoms. The molecule has 0 radical (unpaired) electrons. The fourth-order valence-corrected chi connectivity index (χ4v) is 2.41. The van der Waals surface area contributed by atoms with Crippen molar-refractivity contribution >= 4 is 40.6 Å². The number of carbonyl (C=O) groups is 1. The van der Waals surface area contributed by atoms with Crippen molar-refractivity contribution in [3.8, 4) is 0 Å². The average molecular weight is 362 g/mol. The summed E-state index contributed by atoms with van der Waals surface area (Å²) in [6, 6.07) is 12.0. The van der Waals surface area contributed by atoms with Gasteiger partial charge in [-0.2, -0.15) is 5.10 Å². The van der Waals surface area contributed by atoms with Crippen LogP contribution in [0.5, 0.6) is 0 Å². The van der Waals surface area contributed by atoms with Gasteiger partial charge in [0.15, 0.2) is 0 Å². The van der Waals surface area contributed by atoms with E-state index in [9.17, 15) is 4.79 Å². The van der Waals surface area contributed by atoms with Crippen molar-refractivity contribution in [3.05, 3.63) is 70.7 Å². The number of nitrogens with one attached hydrogen (secondary N) is 2. The van der Waals surface area contributed by atoms with Gasteiger partial charge in [0.1, 0.15) is 12.7 Å². The van der Waals surface area contributed by atoms with Gasteiger partial charge in [0.25, 0.3) is 0 Å². The first-order valence-corrected chi connectivity index (χ1v) is 7.80. The van der Waals surface area contributed by atoms with Gasteiger partial charge in [0, 0.05) is 11.4 Å². The maximum Gasteiger partial charge on any atom is 0.323 e. The lowest BCUT2D eigenvalue weighted by Gasteiger charge is -2.10. The van der Waals surface area contributed by atoms with Gasteiger partial charge in [-0.3, -0.25) is 0 Å². The number of carbonyl (C=O) groups excluding carboxylic acids is 1. The van der Waals surface area contributed by atoms with Crippen molar-refractivity contribution in [3.63, 3.8) is 0 Å². The number of benzene rings is 2. The van der Waals surface area contributed by atoms with Gasteiger partial charge in [-0.1, -0.05) is 35.3 Å². The van der Waals surface area contributed by atoms with E-state index in [0.29, 0.717) is 28.0 Å². The fourth-order valence-electron chi connectivity index (χ4n) is 2.12. The summed E-state index contributed by atoms with van der Waals surface area (Å²) in [6.07, 6.45) is 3.11. The number of hydrogen-bond acceptors (Lipinski definition) is 3. The molecule has 2 aromatic carbocycles. The number of urea groups is 1. The second-order valence-electron chi connectivity index (χ2n) is 5.00. The van der Waals surface area contributed by atoms with Crippen LogP contribution in [0.1, 0.15) is 5.56 Å². The summed E-state index contributed by atoms with van der Waals surface area (Å²) in [5, 5.41) is 10.3. The van der Waals surface area contributed by atoms with Gasteiger partial charge in [0.05, 0.1) is 16.6 Å². The number of amides is 2. The number of nitrogens with zero attached hydrogens (tertiary/aromatic N) is 3. The van der Waals surface area contributed by atoms with Crippen LogP contribution in [0, 0.1) is 0 Å². The van der Waals surface area contributed by atoms with Crippen LogP contribution in [-0.4, -0.2) is 20.8 Å². The van der Waals surface area contributed by atoms with Gasteiger partial charge in [-0.15, -0.1) is 0 Å². The highest BCUT2D eigenvalue weighted by Crippen LogP contribution is 2.25. The molecule has 0 saturated heterocycles. The summed E-state index contributed by atoms with van der Waals surface area (Å²) in [6.45, 7) is 0.573. The van der Waals surface area contributed by atoms with Crippen LogP contribution < -0.4 is 10.6 Å². The minimum absolute atomic E-state index is 0.369. The molecule has 8 heteroatoms. The summed E-state index contributed by atoms with van der Waals surface area (Å²) in [4.78, 5) is 16.0. The van der Waals surface area contributed by atoms with E-state index >= 15 is 0 Å². The van der Waals surface area contributed by atoms with Crippen molar-refractivity contribution in [1.82, 2.24) is 14.8 Å². The molecule has 3 rings (SSSR count). The van der Waals surface area contributed by atoms with E-state index in [0.717, 1.165) is 5.56 Å². The Labute approximate surface area is 148 Å². The molecule has 2 amide bonds. The Balaban J connectivity index is 1.64. The molecule has 0 aliphatic carbocycles. The summed E-state index contributed by atoms with van der Waals surface area (Å²) < 4.78 is 1.70. The average Bonchev–Trinajstić information content (AvgIpc) is 3.04. The van der Waals surface area contributed by atoms with Crippen molar-refractivity contribution < 1.29 is 4.79 Å². The normalized spacial score (nSPS) is 10.4. The van der Waals surface area contributed by atoms with Gasteiger partial charge in [-0.25, -0.2) is 14.5 Å². The van der Waals surface area contributed by atoms with Crippen molar-refractivity contribution in [1.29, 1.82) is 0 Å². The Bertz CT molecular complexity index is 851. The van der Waals surface area contributed by atoms with Crippen LogP contribution in [0.25, 0.3) is 0 Å². The number of halogens is 2. The number of hydrogen-bond donors (Lipinski definition) is 2. The Morgan fingerprint density at radius 3 is 2.54 bits per heavy atom. The molecule has 3 aromatic rings. The molecule has 0 aliphatic rings. The lowest BCUT2D eigenvalue weighted by molar-refractivity contribution is 0.262. The predicted octanol–water partition coefficient (Wildman–Crippen LogP) is 4.28. The van der Waals surface area contributed by atoms with E-state index < -0.39 is 0 Å². The van der Waals surface area contributed by atoms with Crippen molar-refractivity contribution in [2.24, 2.45) is 0 Å². The minimum Gasteiger partial charge on any atom is -0.308 e. The SMILES string of the molecule is O=C(Nc1cccc(Cn2cncn2)c1)Nc1ccc(Cl)c(Cl)c1. The Hall–Kier alpha value is -2.57. The zero-order valence-corrected chi connectivity index (χ0v) is 13.9. The molecule has 0 aliphatic heterocycles. The smallest absolute Gasteiger partial charge is 0.308 e. The first kappa shape index (κ1) is 16.3. The maximum atomic E-state index is 12.1. The van der Waals surface area contributed by atoms with Gasteiger partial charge < -0.3 is 10.6 Å². The second-order valence-corrected chi connectivity index (χ2v) is 5.82. The van der Waals surface area contributed by atoms with Gasteiger partial charge in [0.2, 0.25) is 0 Å². The van der Waals surface area contributed by atoms with Crippen LogP contribution in [0.3, 0.4) is 0 Å². The van der Waals surface area contributed by atoms with Gasteiger partial charge >= 0.3 is 6.03 Å². The Morgan fingerprint density at radius 2 is 1.83 bits per heavy atom. The highest BCUT2D eigenvalue weighted by molar-refractivity contribution is 6.42. The van der Waals surface area contributed by atoms with E-state index in [2.05, 4.69) is 20.7 Å². The van der Waals surface area contributed by atoms with E-state index in [-0.39, 0.29) is 6.03 Å². The van der Waals surface area contributed by atoms with Crippen LogP contribution >= 0.6 is 23.2 Å². The first-order valence-electron chi connectivity index (χ1n) is 7.04. The largest absolute Gasteiger partial charge is 0.323 e. The predicted molar refractivity (Wildman–Crippen MR) is 94.7 cm³/mol. The summed E-state index contributed by atoms with van der Waals surface area (Å²) in [5.41, 5.74) is 2.22. The first-order chi connectivity index (χ1) is 11.6. The lowest BCUT2D eigenvalue weighted by Crippen LogP contribution is -2.19. The van der Waals surface area contributed by atoms with E-state index in [1.165, 1.54) is 6.33 Å². The molecule has 0 saturated carbocycles. The zero-order chi connectivity index (χ0) is 16.9. The third-order valence-electron chi connectivity index (χ3n) is 3.17. The fraction of sp³-hybridized carbons (Fsp3) is 0.0625. The third kappa shape index (κ3) is 4.24. The molecular formula is C16H13Cl2N5O. The summed E-state index contributed by atoms with van der Waals surface area (Å²) >= 11 is 11.8. The second kappa shape index (κ2) is 7.33. The minimum atomic E-state index is -0.369. The molecule has 1 heterocycles. The summed E-state index contributed by atoms with van der Waals surface area (Å²) in [5.74, 6) is 0. The molecule has 6 nitrogen and oxygen atoms in total. The number of rotatable bonds is 4. The topological polar surface area (TPSA) is 71.8 Å². The van der Waals surface area contributed by atoms with Crippen LogP contribution in [-0.2, 0) is 6.54 Å². The van der Waals surface area contributed by atoms with Crippen LogP contribution in [0.4, 0.5) is 16.2 Å². The Morgan fingerprint density at radius 1 is 1.04 bits per heavy atom. The van der Waals surface area contributed by atoms with Crippen molar-refractivity contribution in [2.75, 3.05) is 10.6 Å². The highest BCUT2D eigenvalue weighted by atomic mass is 35.5. The van der Waals surface area contributed by atoms with E-state index in [1.807, 2.05) is 18.2 Å².